The second kappa shape index (κ2) is 21.6. The van der Waals surface area contributed by atoms with E-state index in [1.165, 1.54) is 47.9 Å². The summed E-state index contributed by atoms with van der Waals surface area (Å²) in [6.07, 6.45) is 10.3. The van der Waals surface area contributed by atoms with Gasteiger partial charge in [-0.25, -0.2) is 24.2 Å². The monoisotopic (exact) mass is 913 g/mol. The summed E-state index contributed by atoms with van der Waals surface area (Å²) in [5.41, 5.74) is 2.62. The van der Waals surface area contributed by atoms with Gasteiger partial charge in [-0.3, -0.25) is 5.43 Å². The van der Waals surface area contributed by atoms with Crippen molar-refractivity contribution in [1.82, 2.24) is 4.98 Å². The molecule has 1 heterocycles. The van der Waals surface area contributed by atoms with Gasteiger partial charge in [0, 0.05) is 42.7 Å². The van der Waals surface area contributed by atoms with E-state index in [9.17, 15) is 19.2 Å². The van der Waals surface area contributed by atoms with Gasteiger partial charge in [-0.1, -0.05) is 60.9 Å². The maximum Gasteiger partial charge on any atom is 0.336 e. The van der Waals surface area contributed by atoms with Crippen molar-refractivity contribution >= 4 is 68.9 Å². The first-order chi connectivity index (χ1) is 31.1. The molecule has 0 unspecified atom stereocenters. The van der Waals surface area contributed by atoms with Crippen molar-refractivity contribution < 1.29 is 47.6 Å². The van der Waals surface area contributed by atoms with Crippen LogP contribution in [-0.2, 0) is 28.7 Å². The van der Waals surface area contributed by atoms with E-state index in [2.05, 4.69) is 28.7 Å². The lowest BCUT2D eigenvalue weighted by Crippen LogP contribution is -2.40. The zero-order valence-corrected chi connectivity index (χ0v) is 39.2. The van der Waals surface area contributed by atoms with Gasteiger partial charge >= 0.3 is 23.9 Å². The smallest absolute Gasteiger partial charge is 0.336 e. The highest BCUT2D eigenvalue weighted by Gasteiger charge is 2.34. The topological polar surface area (TPSA) is 161 Å². The average molecular weight is 914 g/mol. The Morgan fingerprint density at radius 2 is 1.11 bits per heavy atom. The molecular weight excluding hydrogens is 859 g/mol. The number of ether oxygens (including phenoxy) is 6. The number of para-hydroxylation sites is 1. The molecule has 0 aliphatic carbocycles. The Hall–Kier alpha value is -7.32. The van der Waals surface area contributed by atoms with Gasteiger partial charge in [-0.05, 0) is 133 Å². The van der Waals surface area contributed by atoms with E-state index in [1.54, 1.807) is 60.7 Å². The molecule has 5 aromatic rings. The predicted molar refractivity (Wildman–Crippen MR) is 259 cm³/mol. The highest BCUT2D eigenvalue weighted by molar-refractivity contribution is 7.22. The number of carbonyl (C=O) groups is 4. The number of nitrogens with zero attached hydrogens (tertiary/aromatic N) is 2. The Bertz CT molecular complexity index is 2610. The molecule has 0 aliphatic heterocycles. The number of anilines is 1. The maximum atomic E-state index is 13.1. The van der Waals surface area contributed by atoms with Gasteiger partial charge in [0.25, 0.3) is 0 Å². The first-order valence-electron chi connectivity index (χ1n) is 21.0. The Kier molecular flexibility index (Phi) is 16.2. The van der Waals surface area contributed by atoms with Crippen LogP contribution in [0.3, 0.4) is 0 Å². The summed E-state index contributed by atoms with van der Waals surface area (Å²) in [5, 5.41) is 4.89. The van der Waals surface area contributed by atoms with Crippen LogP contribution in [0, 0.1) is 0 Å². The zero-order chi connectivity index (χ0) is 48.1. The van der Waals surface area contributed by atoms with Gasteiger partial charge in [0.2, 0.25) is 5.13 Å². The first-order valence-corrected chi connectivity index (χ1v) is 21.8. The van der Waals surface area contributed by atoms with E-state index in [-0.39, 0.29) is 11.5 Å². The molecule has 0 fully saturated rings. The second-order valence-electron chi connectivity index (χ2n) is 17.6. The lowest BCUT2D eigenvalue weighted by atomic mass is 9.92. The number of aromatic nitrogens is 1. The lowest BCUT2D eigenvalue weighted by molar-refractivity contribution is -0.155. The van der Waals surface area contributed by atoms with Gasteiger partial charge in [-0.15, -0.1) is 0 Å². The van der Waals surface area contributed by atoms with E-state index in [0.717, 1.165) is 27.9 Å². The molecule has 1 N–H and O–H groups in total. The quantitative estimate of drug-likeness (QED) is 0.0244. The standard InChI is InChI=1S/C52H55N3O10S/c1-11-44(56)64-51(7,8)33-49(3,4)62-38-23-17-35(18-24-38)21-29-46(58)60-40-27-28-42(37(31-40)32-53-55-48-54-41-15-13-14-16-43(41)66-48)61-47(59)30-22-36-19-25-39(26-20-36)63-50(5,6)34-52(9,10)65-45(57)12-2/h11-32H,1-2,33-34H2,3-10H3,(H,54,55)/b29-21+,30-22+,53-32+. The van der Waals surface area contributed by atoms with Crippen molar-refractivity contribution in [3.05, 3.63) is 145 Å². The molecule has 5 rings (SSSR count). The summed E-state index contributed by atoms with van der Waals surface area (Å²) in [6.45, 7) is 21.8. The number of esters is 4. The molecule has 0 saturated heterocycles. The van der Waals surface area contributed by atoms with Gasteiger partial charge in [0.1, 0.15) is 45.4 Å². The molecule has 0 spiro atoms. The summed E-state index contributed by atoms with van der Waals surface area (Å²) >= 11 is 1.42. The molecule has 0 bridgehead atoms. The van der Waals surface area contributed by atoms with Crippen LogP contribution in [0.15, 0.2) is 134 Å². The number of fused-ring (bicyclic) bond motifs is 1. The summed E-state index contributed by atoms with van der Waals surface area (Å²) < 4.78 is 35.7. The van der Waals surface area contributed by atoms with Crippen LogP contribution in [0.25, 0.3) is 22.4 Å². The third-order valence-electron chi connectivity index (χ3n) is 9.23. The number of hydrogen-bond acceptors (Lipinski definition) is 14. The SMILES string of the molecule is C=CC(=O)OC(C)(C)CC(C)(C)Oc1ccc(/C=C/C(=O)Oc2ccc(OC(=O)/C=C/c3ccc(OC(C)(C)CC(C)(C)OC(=O)C=C)cc3)c(/C=N/Nc3nc4ccccc4s3)c2)cc1. The molecule has 0 radical (unpaired) electrons. The van der Waals surface area contributed by atoms with Crippen molar-refractivity contribution in [3.8, 4) is 23.0 Å². The largest absolute Gasteiger partial charge is 0.488 e. The Morgan fingerprint density at radius 3 is 1.61 bits per heavy atom. The number of thiazole rings is 1. The van der Waals surface area contributed by atoms with Crippen molar-refractivity contribution in [1.29, 1.82) is 0 Å². The summed E-state index contributed by atoms with van der Waals surface area (Å²) in [7, 11) is 0. The first kappa shape index (κ1) is 49.7. The molecule has 1 aromatic heterocycles. The third-order valence-corrected chi connectivity index (χ3v) is 10.2. The average Bonchev–Trinajstić information content (AvgIpc) is 3.65. The molecule has 66 heavy (non-hydrogen) atoms. The van der Waals surface area contributed by atoms with E-state index in [1.807, 2.05) is 79.7 Å². The van der Waals surface area contributed by atoms with Crippen LogP contribution >= 0.6 is 11.3 Å². The van der Waals surface area contributed by atoms with Crippen LogP contribution in [0.5, 0.6) is 23.0 Å². The number of hydrogen-bond donors (Lipinski definition) is 1. The number of nitrogens with one attached hydrogen (secondary N) is 1. The van der Waals surface area contributed by atoms with Crippen LogP contribution in [0.1, 0.15) is 84.9 Å². The minimum atomic E-state index is -0.782. The minimum absolute atomic E-state index is 0.161. The van der Waals surface area contributed by atoms with Crippen molar-refractivity contribution in [2.24, 2.45) is 5.10 Å². The van der Waals surface area contributed by atoms with Crippen molar-refractivity contribution in [2.75, 3.05) is 5.43 Å². The van der Waals surface area contributed by atoms with Crippen molar-refractivity contribution in [3.63, 3.8) is 0 Å². The van der Waals surface area contributed by atoms with Gasteiger partial charge in [0.15, 0.2) is 0 Å². The van der Waals surface area contributed by atoms with E-state index >= 15 is 0 Å². The Morgan fingerprint density at radius 1 is 0.621 bits per heavy atom. The van der Waals surface area contributed by atoms with E-state index < -0.39 is 46.3 Å². The Labute approximate surface area is 389 Å². The van der Waals surface area contributed by atoms with Crippen molar-refractivity contribution in [2.45, 2.75) is 90.6 Å². The van der Waals surface area contributed by atoms with Crippen LogP contribution < -0.4 is 24.4 Å². The van der Waals surface area contributed by atoms with Gasteiger partial charge in [0.05, 0.1) is 16.4 Å². The molecule has 0 saturated carbocycles. The maximum absolute atomic E-state index is 13.1. The Balaban J connectivity index is 1.23. The second-order valence-corrected chi connectivity index (χ2v) is 18.6. The van der Waals surface area contributed by atoms with Crippen LogP contribution in [0.2, 0.25) is 0 Å². The molecule has 0 amide bonds. The summed E-state index contributed by atoms with van der Waals surface area (Å²) in [6, 6.07) is 26.5. The fourth-order valence-electron chi connectivity index (χ4n) is 7.24. The number of rotatable bonds is 21. The van der Waals surface area contributed by atoms with E-state index in [0.29, 0.717) is 40.6 Å². The number of hydrazone groups is 1. The fourth-order valence-corrected chi connectivity index (χ4v) is 8.05. The summed E-state index contributed by atoms with van der Waals surface area (Å²) in [5.74, 6) is -0.774. The van der Waals surface area contributed by atoms with Gasteiger partial charge < -0.3 is 28.4 Å². The zero-order valence-electron chi connectivity index (χ0n) is 38.4. The third kappa shape index (κ3) is 16.0. The number of benzene rings is 4. The molecule has 0 aliphatic rings. The molecule has 13 nitrogen and oxygen atoms in total. The fraction of sp³-hybridized carbons (Fsp3) is 0.269. The molecule has 0 atom stereocenters. The molecule has 14 heteroatoms. The van der Waals surface area contributed by atoms with Crippen LogP contribution in [0.4, 0.5) is 5.13 Å². The molecule has 4 aromatic carbocycles. The van der Waals surface area contributed by atoms with Gasteiger partial charge in [-0.2, -0.15) is 5.10 Å². The molecule has 344 valence electrons. The van der Waals surface area contributed by atoms with Crippen LogP contribution in [-0.4, -0.2) is 57.5 Å². The minimum Gasteiger partial charge on any atom is -0.488 e. The summed E-state index contributed by atoms with van der Waals surface area (Å²) in [4.78, 5) is 54.2. The predicted octanol–water partition coefficient (Wildman–Crippen LogP) is 11.1. The number of carbonyl (C=O) groups excluding carboxylic acids is 4. The normalized spacial score (nSPS) is 12.2. The lowest BCUT2D eigenvalue weighted by Gasteiger charge is -2.34. The highest BCUT2D eigenvalue weighted by atomic mass is 32.1. The molecular formula is C52H55N3O10S. The highest BCUT2D eigenvalue weighted by Crippen LogP contribution is 2.31. The van der Waals surface area contributed by atoms with E-state index in [4.69, 9.17) is 28.4 Å².